The first-order valence-corrected chi connectivity index (χ1v) is 5.64. The smallest absolute Gasteiger partial charge is 0.354 e. The van der Waals surface area contributed by atoms with Crippen LogP contribution in [-0.4, -0.2) is 16.1 Å². The van der Waals surface area contributed by atoms with Crippen molar-refractivity contribution in [3.05, 3.63) is 52.2 Å². The van der Waals surface area contributed by atoms with Gasteiger partial charge in [-0.15, -0.1) is 0 Å². The number of aromatic carboxylic acids is 1. The lowest BCUT2D eigenvalue weighted by molar-refractivity contribution is 0.0690. The number of rotatable bonds is 2. The Balaban J connectivity index is 2.68. The van der Waals surface area contributed by atoms with E-state index in [1.807, 2.05) is 0 Å². The number of nitrogens with zero attached hydrogens (tertiary/aromatic N) is 1. The van der Waals surface area contributed by atoms with E-state index < -0.39 is 17.6 Å². The molecule has 0 atom stereocenters. The highest BCUT2D eigenvalue weighted by molar-refractivity contribution is 6.31. The van der Waals surface area contributed by atoms with Crippen molar-refractivity contribution in [2.45, 2.75) is 6.92 Å². The van der Waals surface area contributed by atoms with Crippen LogP contribution in [0.4, 0.5) is 8.78 Å². The summed E-state index contributed by atoms with van der Waals surface area (Å²) < 4.78 is 27.7. The Morgan fingerprint density at radius 3 is 2.58 bits per heavy atom. The van der Waals surface area contributed by atoms with E-state index in [1.54, 1.807) is 0 Å². The molecule has 0 saturated heterocycles. The van der Waals surface area contributed by atoms with Gasteiger partial charge in [0.1, 0.15) is 23.0 Å². The molecule has 2 aromatic rings. The second-order valence-corrected chi connectivity index (χ2v) is 4.27. The number of carbonyl (C=O) groups is 1. The van der Waals surface area contributed by atoms with Crippen LogP contribution < -0.4 is 0 Å². The minimum absolute atomic E-state index is 0.123. The lowest BCUT2D eigenvalue weighted by Crippen LogP contribution is -2.04. The molecular formula is C13H8ClF2NO2. The fraction of sp³-hybridized carbons (Fsp3) is 0.0769. The summed E-state index contributed by atoms with van der Waals surface area (Å²) in [4.78, 5) is 14.4. The first-order chi connectivity index (χ1) is 8.91. The number of carboxylic acids is 1. The molecule has 1 N–H and O–H groups in total. The van der Waals surface area contributed by atoms with E-state index in [9.17, 15) is 13.6 Å². The molecule has 0 saturated carbocycles. The van der Waals surface area contributed by atoms with E-state index >= 15 is 0 Å². The highest BCUT2D eigenvalue weighted by atomic mass is 35.5. The van der Waals surface area contributed by atoms with Gasteiger partial charge in [0.25, 0.3) is 0 Å². The second kappa shape index (κ2) is 4.93. The predicted molar refractivity (Wildman–Crippen MR) is 66.3 cm³/mol. The summed E-state index contributed by atoms with van der Waals surface area (Å²) in [7, 11) is 0. The van der Waals surface area contributed by atoms with E-state index in [1.165, 1.54) is 19.1 Å². The molecular weight excluding hydrogens is 276 g/mol. The Kier molecular flexibility index (Phi) is 3.48. The maximum atomic E-state index is 14.0. The molecule has 3 nitrogen and oxygen atoms in total. The Hall–Kier alpha value is -2.01. The molecule has 0 aliphatic rings. The number of benzene rings is 1. The van der Waals surface area contributed by atoms with E-state index in [4.69, 9.17) is 16.7 Å². The number of aromatic nitrogens is 1. The molecule has 0 radical (unpaired) electrons. The molecule has 19 heavy (non-hydrogen) atoms. The van der Waals surface area contributed by atoms with Gasteiger partial charge in [-0.3, -0.25) is 0 Å². The molecule has 6 heteroatoms. The molecule has 98 valence electrons. The second-order valence-electron chi connectivity index (χ2n) is 3.87. The van der Waals surface area contributed by atoms with Crippen LogP contribution in [0.3, 0.4) is 0 Å². The first-order valence-electron chi connectivity index (χ1n) is 5.26. The molecule has 0 amide bonds. The quantitative estimate of drug-likeness (QED) is 0.914. The third-order valence-corrected chi connectivity index (χ3v) is 3.05. The van der Waals surface area contributed by atoms with E-state index in [0.717, 1.165) is 12.1 Å². The van der Waals surface area contributed by atoms with Crippen LogP contribution in [0.2, 0.25) is 5.02 Å². The van der Waals surface area contributed by atoms with Gasteiger partial charge < -0.3 is 5.11 Å². The van der Waals surface area contributed by atoms with Gasteiger partial charge in [0, 0.05) is 16.1 Å². The zero-order valence-corrected chi connectivity index (χ0v) is 10.5. The van der Waals surface area contributed by atoms with Crippen LogP contribution in [0.15, 0.2) is 24.3 Å². The summed E-state index contributed by atoms with van der Waals surface area (Å²) in [6, 6.07) is 4.63. The summed E-state index contributed by atoms with van der Waals surface area (Å²) >= 11 is 5.75. The maximum Gasteiger partial charge on any atom is 0.354 e. The van der Waals surface area contributed by atoms with Gasteiger partial charge in [0.2, 0.25) is 0 Å². The van der Waals surface area contributed by atoms with Crippen LogP contribution in [-0.2, 0) is 0 Å². The summed E-state index contributed by atoms with van der Waals surface area (Å²) in [6.07, 6.45) is 0. The topological polar surface area (TPSA) is 50.2 Å². The number of pyridine rings is 1. The van der Waals surface area contributed by atoms with Crippen molar-refractivity contribution in [2.24, 2.45) is 0 Å². The van der Waals surface area contributed by atoms with Gasteiger partial charge in [0.15, 0.2) is 0 Å². The minimum atomic E-state index is -1.31. The number of carboxylic acid groups (broad SMARTS) is 1. The SMILES string of the molecule is Cc1c(Cl)ccc(-c2nc(C(=O)O)ccc2F)c1F. The van der Waals surface area contributed by atoms with Crippen LogP contribution in [0, 0.1) is 18.6 Å². The van der Waals surface area contributed by atoms with Crippen molar-refractivity contribution < 1.29 is 18.7 Å². The third-order valence-electron chi connectivity index (χ3n) is 2.64. The van der Waals surface area contributed by atoms with Gasteiger partial charge in [-0.25, -0.2) is 18.6 Å². The Labute approximate surface area is 112 Å². The molecule has 0 aliphatic carbocycles. The van der Waals surface area contributed by atoms with Gasteiger partial charge in [-0.1, -0.05) is 11.6 Å². The Morgan fingerprint density at radius 1 is 1.26 bits per heavy atom. The average Bonchev–Trinajstić information content (AvgIpc) is 2.37. The van der Waals surface area contributed by atoms with Gasteiger partial charge >= 0.3 is 5.97 Å². The van der Waals surface area contributed by atoms with Crippen LogP contribution in [0.5, 0.6) is 0 Å². The summed E-state index contributed by atoms with van der Waals surface area (Å²) in [5, 5.41) is 9.02. The third kappa shape index (κ3) is 2.42. The molecule has 2 rings (SSSR count). The van der Waals surface area contributed by atoms with Crippen LogP contribution in [0.25, 0.3) is 11.3 Å². The van der Waals surface area contributed by atoms with Crippen molar-refractivity contribution in [1.82, 2.24) is 4.98 Å². The standard InChI is InChI=1S/C13H8ClF2NO2/c1-6-8(14)3-2-7(11(6)16)12-9(15)4-5-10(17-12)13(18)19/h2-5H,1H3,(H,18,19). The molecule has 1 heterocycles. The summed E-state index contributed by atoms with van der Waals surface area (Å²) in [5.74, 6) is -2.83. The highest BCUT2D eigenvalue weighted by Gasteiger charge is 2.17. The molecule has 0 aliphatic heterocycles. The number of hydrogen-bond donors (Lipinski definition) is 1. The van der Waals surface area contributed by atoms with Gasteiger partial charge in [-0.05, 0) is 31.2 Å². The van der Waals surface area contributed by atoms with Crippen molar-refractivity contribution in [3.63, 3.8) is 0 Å². The minimum Gasteiger partial charge on any atom is -0.477 e. The summed E-state index contributed by atoms with van der Waals surface area (Å²) in [5.41, 5.74) is -0.677. The van der Waals surface area contributed by atoms with E-state index in [2.05, 4.69) is 4.98 Å². The maximum absolute atomic E-state index is 14.0. The van der Waals surface area contributed by atoms with Crippen LogP contribution >= 0.6 is 11.6 Å². The Bertz CT molecular complexity index is 674. The highest BCUT2D eigenvalue weighted by Crippen LogP contribution is 2.29. The largest absolute Gasteiger partial charge is 0.477 e. The molecule has 0 spiro atoms. The first kappa shape index (κ1) is 13.4. The molecule has 0 unspecified atom stereocenters. The van der Waals surface area contributed by atoms with E-state index in [0.29, 0.717) is 0 Å². The lowest BCUT2D eigenvalue weighted by Gasteiger charge is -2.08. The fourth-order valence-corrected chi connectivity index (χ4v) is 1.74. The van der Waals surface area contributed by atoms with Gasteiger partial charge in [-0.2, -0.15) is 0 Å². The van der Waals surface area contributed by atoms with Gasteiger partial charge in [0.05, 0.1) is 0 Å². The monoisotopic (exact) mass is 283 g/mol. The Morgan fingerprint density at radius 2 is 1.95 bits per heavy atom. The summed E-state index contributed by atoms with van der Waals surface area (Å²) in [6.45, 7) is 1.44. The van der Waals surface area contributed by atoms with Crippen LogP contribution in [0.1, 0.15) is 16.1 Å². The normalized spacial score (nSPS) is 10.5. The van der Waals surface area contributed by atoms with Crippen molar-refractivity contribution in [1.29, 1.82) is 0 Å². The predicted octanol–water partition coefficient (Wildman–Crippen LogP) is 3.69. The zero-order valence-electron chi connectivity index (χ0n) is 9.75. The number of hydrogen-bond acceptors (Lipinski definition) is 2. The molecule has 0 bridgehead atoms. The molecule has 0 fully saturated rings. The fourth-order valence-electron chi connectivity index (χ4n) is 1.59. The molecule has 1 aromatic heterocycles. The van der Waals surface area contributed by atoms with Crippen molar-refractivity contribution in [2.75, 3.05) is 0 Å². The number of halogens is 3. The van der Waals surface area contributed by atoms with Crippen molar-refractivity contribution >= 4 is 17.6 Å². The average molecular weight is 284 g/mol. The van der Waals surface area contributed by atoms with E-state index in [-0.39, 0.29) is 27.5 Å². The zero-order chi connectivity index (χ0) is 14.2. The van der Waals surface area contributed by atoms with Crippen molar-refractivity contribution in [3.8, 4) is 11.3 Å². The lowest BCUT2D eigenvalue weighted by atomic mass is 10.1. The molecule has 1 aromatic carbocycles.